The summed E-state index contributed by atoms with van der Waals surface area (Å²) in [5, 5.41) is 0.638. The normalized spacial score (nSPS) is 20.3. The van der Waals surface area contributed by atoms with Crippen molar-refractivity contribution < 1.29 is 14.4 Å². The first-order chi connectivity index (χ1) is 16.0. The second kappa shape index (κ2) is 8.90. The largest absolute Gasteiger partial charge is 0.338 e. The van der Waals surface area contributed by atoms with Crippen LogP contribution in [0.5, 0.6) is 0 Å². The molecule has 1 atom stereocenters. The van der Waals surface area contributed by atoms with Crippen LogP contribution in [0, 0.1) is 0 Å². The molecule has 0 unspecified atom stereocenters. The lowest BCUT2D eigenvalue weighted by molar-refractivity contribution is -0.135. The number of para-hydroxylation sites is 2. The number of amides is 3. The Morgan fingerprint density at radius 2 is 1.82 bits per heavy atom. The van der Waals surface area contributed by atoms with Gasteiger partial charge in [0.15, 0.2) is 0 Å². The quantitative estimate of drug-likeness (QED) is 0.498. The number of thioether (sulfide) groups is 1. The second-order valence-electron chi connectivity index (χ2n) is 8.51. The van der Waals surface area contributed by atoms with E-state index in [1.165, 1.54) is 11.3 Å². The van der Waals surface area contributed by atoms with Crippen LogP contribution in [0.1, 0.15) is 31.7 Å². The highest BCUT2D eigenvalue weighted by Gasteiger charge is 2.36. The third kappa shape index (κ3) is 4.09. The van der Waals surface area contributed by atoms with Crippen LogP contribution in [0.3, 0.4) is 0 Å². The maximum atomic E-state index is 13.1. The van der Waals surface area contributed by atoms with Gasteiger partial charge >= 0.3 is 0 Å². The number of nitrogens with zero attached hydrogens (tertiary/aromatic N) is 3. The Hall–Kier alpha value is -3.32. The van der Waals surface area contributed by atoms with Crippen molar-refractivity contribution in [2.45, 2.75) is 38.8 Å². The van der Waals surface area contributed by atoms with E-state index in [0.29, 0.717) is 10.6 Å². The summed E-state index contributed by atoms with van der Waals surface area (Å²) in [5.74, 6) is -0.217. The number of aromatic nitrogens is 1. The molecule has 2 aliphatic heterocycles. The van der Waals surface area contributed by atoms with Crippen molar-refractivity contribution in [1.82, 2.24) is 9.47 Å². The van der Waals surface area contributed by atoms with Crippen molar-refractivity contribution in [2.24, 2.45) is 0 Å². The van der Waals surface area contributed by atoms with Gasteiger partial charge in [-0.2, -0.15) is 0 Å². The monoisotopic (exact) mass is 459 g/mol. The van der Waals surface area contributed by atoms with E-state index < -0.39 is 0 Å². The molecule has 3 aromatic rings. The zero-order chi connectivity index (χ0) is 22.9. The fourth-order valence-corrected chi connectivity index (χ4v) is 5.47. The Morgan fingerprint density at radius 1 is 1.06 bits per heavy atom. The van der Waals surface area contributed by atoms with E-state index in [-0.39, 0.29) is 29.6 Å². The predicted octanol–water partition coefficient (Wildman–Crippen LogP) is 5.28. The van der Waals surface area contributed by atoms with E-state index in [1.54, 1.807) is 30.3 Å². The second-order valence-corrected chi connectivity index (χ2v) is 9.51. The molecular weight excluding hydrogens is 434 g/mol. The van der Waals surface area contributed by atoms with Crippen molar-refractivity contribution in [3.8, 4) is 0 Å². The summed E-state index contributed by atoms with van der Waals surface area (Å²) in [6.45, 7) is 3.17. The van der Waals surface area contributed by atoms with E-state index in [2.05, 4.69) is 6.92 Å². The Labute approximate surface area is 196 Å². The lowest BCUT2D eigenvalue weighted by Gasteiger charge is -2.33. The zero-order valence-corrected chi connectivity index (χ0v) is 19.3. The number of piperidine rings is 1. The van der Waals surface area contributed by atoms with Gasteiger partial charge in [-0.05, 0) is 62.2 Å². The number of benzene rings is 2. The van der Waals surface area contributed by atoms with Gasteiger partial charge < -0.3 is 9.47 Å². The minimum Gasteiger partial charge on any atom is -0.338 e. The van der Waals surface area contributed by atoms with Gasteiger partial charge in [-0.15, -0.1) is 0 Å². The zero-order valence-electron chi connectivity index (χ0n) is 18.4. The summed E-state index contributed by atoms with van der Waals surface area (Å²) >= 11 is 0.940. The van der Waals surface area contributed by atoms with Gasteiger partial charge in [-0.3, -0.25) is 14.4 Å². The van der Waals surface area contributed by atoms with Crippen LogP contribution in [-0.4, -0.2) is 39.1 Å². The Bertz CT molecular complexity index is 1260. The van der Waals surface area contributed by atoms with Crippen LogP contribution in [-0.2, 0) is 16.1 Å². The van der Waals surface area contributed by atoms with E-state index in [4.69, 9.17) is 0 Å². The van der Waals surface area contributed by atoms with Crippen molar-refractivity contribution in [3.05, 3.63) is 71.3 Å². The van der Waals surface area contributed by atoms with E-state index in [9.17, 15) is 14.4 Å². The van der Waals surface area contributed by atoms with Crippen LogP contribution < -0.4 is 4.90 Å². The number of carbonyl (C=O) groups is 3. The summed E-state index contributed by atoms with van der Waals surface area (Å²) in [6.07, 6.45) is 6.93. The summed E-state index contributed by atoms with van der Waals surface area (Å²) in [6, 6.07) is 17.1. The van der Waals surface area contributed by atoms with E-state index >= 15 is 0 Å². The maximum absolute atomic E-state index is 13.1. The topological polar surface area (TPSA) is 62.6 Å². The van der Waals surface area contributed by atoms with Crippen LogP contribution in [0.4, 0.5) is 10.5 Å². The minimum absolute atomic E-state index is 0.110. The number of hydrogen-bond donors (Lipinski definition) is 0. The Morgan fingerprint density at radius 3 is 2.61 bits per heavy atom. The number of anilines is 1. The van der Waals surface area contributed by atoms with Gasteiger partial charge in [0.05, 0.1) is 10.6 Å². The van der Waals surface area contributed by atoms with Gasteiger partial charge in [-0.1, -0.05) is 36.4 Å². The molecule has 2 aromatic carbocycles. The van der Waals surface area contributed by atoms with E-state index in [1.807, 2.05) is 46.0 Å². The summed E-state index contributed by atoms with van der Waals surface area (Å²) in [5.41, 5.74) is 2.32. The van der Waals surface area contributed by atoms with Crippen LogP contribution in [0.2, 0.25) is 0 Å². The SMILES string of the molecule is C[C@@H]1CCCCN1C(=O)Cn1cc(/C=C2\SC(=O)N(c3ccccc3)C2=O)c2ccccc21. The van der Waals surface area contributed by atoms with Gasteiger partial charge in [-0.25, -0.2) is 4.90 Å². The number of fused-ring (bicyclic) bond motifs is 1. The molecule has 7 heteroatoms. The molecule has 2 saturated heterocycles. The van der Waals surface area contributed by atoms with Crippen LogP contribution in [0.25, 0.3) is 17.0 Å². The fraction of sp³-hybridized carbons (Fsp3) is 0.269. The van der Waals surface area contributed by atoms with Crippen molar-refractivity contribution in [3.63, 3.8) is 0 Å². The molecule has 5 rings (SSSR count). The standard InChI is InChI=1S/C26H25N3O3S/c1-18-9-7-8-14-28(18)24(30)17-27-16-19(21-12-5-6-13-22(21)27)15-23-25(31)29(26(32)33-23)20-10-3-2-4-11-20/h2-6,10-13,15-16,18H,7-9,14,17H2,1H3/b23-15-/t18-/m1/s1. The number of carbonyl (C=O) groups excluding carboxylic acids is 3. The third-order valence-corrected chi connectivity index (χ3v) is 7.21. The Balaban J connectivity index is 1.46. The van der Waals surface area contributed by atoms with Gasteiger partial charge in [0, 0.05) is 35.2 Å². The summed E-state index contributed by atoms with van der Waals surface area (Å²) in [4.78, 5) is 42.2. The first-order valence-corrected chi connectivity index (χ1v) is 12.0. The number of rotatable bonds is 4. The maximum Gasteiger partial charge on any atom is 0.298 e. The smallest absolute Gasteiger partial charge is 0.298 e. The average molecular weight is 460 g/mol. The molecule has 0 spiro atoms. The summed E-state index contributed by atoms with van der Waals surface area (Å²) < 4.78 is 1.95. The molecule has 2 fully saturated rings. The highest BCUT2D eigenvalue weighted by molar-refractivity contribution is 8.19. The molecular formula is C26H25N3O3S. The predicted molar refractivity (Wildman–Crippen MR) is 132 cm³/mol. The van der Waals surface area contributed by atoms with Gasteiger partial charge in [0.2, 0.25) is 5.91 Å². The fourth-order valence-electron chi connectivity index (χ4n) is 4.63. The van der Waals surface area contributed by atoms with Crippen LogP contribution >= 0.6 is 11.8 Å². The average Bonchev–Trinajstić information content (AvgIpc) is 3.31. The summed E-state index contributed by atoms with van der Waals surface area (Å²) in [7, 11) is 0. The number of likely N-dealkylation sites (tertiary alicyclic amines) is 1. The lowest BCUT2D eigenvalue weighted by Crippen LogP contribution is -2.43. The van der Waals surface area contributed by atoms with Crippen molar-refractivity contribution >= 4 is 51.5 Å². The Kier molecular flexibility index (Phi) is 5.81. The highest BCUT2D eigenvalue weighted by atomic mass is 32.2. The molecule has 0 N–H and O–H groups in total. The lowest BCUT2D eigenvalue weighted by atomic mass is 10.0. The molecule has 0 radical (unpaired) electrons. The first-order valence-electron chi connectivity index (χ1n) is 11.2. The molecule has 3 amide bonds. The molecule has 3 heterocycles. The van der Waals surface area contributed by atoms with Crippen molar-refractivity contribution in [1.29, 1.82) is 0 Å². The third-order valence-electron chi connectivity index (χ3n) is 6.34. The van der Waals surface area contributed by atoms with Gasteiger partial charge in [0.1, 0.15) is 6.54 Å². The van der Waals surface area contributed by atoms with Crippen molar-refractivity contribution in [2.75, 3.05) is 11.4 Å². The molecule has 0 bridgehead atoms. The highest BCUT2D eigenvalue weighted by Crippen LogP contribution is 2.36. The molecule has 2 aliphatic rings. The molecule has 6 nitrogen and oxygen atoms in total. The first kappa shape index (κ1) is 21.5. The molecule has 0 saturated carbocycles. The minimum atomic E-state index is -0.328. The van der Waals surface area contributed by atoms with E-state index in [0.717, 1.165) is 47.6 Å². The molecule has 0 aliphatic carbocycles. The molecule has 168 valence electrons. The molecule has 1 aromatic heterocycles. The van der Waals surface area contributed by atoms with Gasteiger partial charge in [0.25, 0.3) is 11.1 Å². The number of imide groups is 1. The molecule has 33 heavy (non-hydrogen) atoms. The number of hydrogen-bond acceptors (Lipinski definition) is 4. The van der Waals surface area contributed by atoms with Crippen LogP contribution in [0.15, 0.2) is 65.7 Å².